The summed E-state index contributed by atoms with van der Waals surface area (Å²) in [5.41, 5.74) is 1.36. The molecular formula is C15H14ClNO4S. The molecule has 22 heavy (non-hydrogen) atoms. The van der Waals surface area contributed by atoms with E-state index in [2.05, 4.69) is 9.46 Å². The van der Waals surface area contributed by atoms with Crippen molar-refractivity contribution in [3.8, 4) is 0 Å². The molecule has 7 heteroatoms. The van der Waals surface area contributed by atoms with Crippen molar-refractivity contribution in [2.75, 3.05) is 11.8 Å². The Labute approximate surface area is 133 Å². The van der Waals surface area contributed by atoms with E-state index in [1.165, 1.54) is 25.3 Å². The van der Waals surface area contributed by atoms with Gasteiger partial charge in [0.2, 0.25) is 0 Å². The predicted molar refractivity (Wildman–Crippen MR) is 84.8 cm³/mol. The lowest BCUT2D eigenvalue weighted by atomic mass is 10.2. The number of aryl methyl sites for hydroxylation is 1. The number of methoxy groups -OCH3 is 1. The van der Waals surface area contributed by atoms with E-state index in [1.807, 2.05) is 13.0 Å². The zero-order valence-corrected chi connectivity index (χ0v) is 13.5. The summed E-state index contributed by atoms with van der Waals surface area (Å²) >= 11 is 5.88. The van der Waals surface area contributed by atoms with Gasteiger partial charge in [-0.2, -0.15) is 0 Å². The summed E-state index contributed by atoms with van der Waals surface area (Å²) in [6, 6.07) is 10.8. The second-order valence-corrected chi connectivity index (χ2v) is 6.70. The summed E-state index contributed by atoms with van der Waals surface area (Å²) in [4.78, 5) is 11.5. The third-order valence-corrected chi connectivity index (χ3v) is 4.63. The van der Waals surface area contributed by atoms with Gasteiger partial charge in [0.15, 0.2) is 0 Å². The highest BCUT2D eigenvalue weighted by Crippen LogP contribution is 2.23. The van der Waals surface area contributed by atoms with E-state index in [-0.39, 0.29) is 15.5 Å². The van der Waals surface area contributed by atoms with Gasteiger partial charge < -0.3 is 4.74 Å². The number of halogens is 1. The Morgan fingerprint density at radius 2 is 1.91 bits per heavy atom. The molecular weight excluding hydrogens is 326 g/mol. The highest BCUT2D eigenvalue weighted by atomic mass is 35.5. The van der Waals surface area contributed by atoms with E-state index >= 15 is 0 Å². The molecule has 0 amide bonds. The van der Waals surface area contributed by atoms with Gasteiger partial charge in [-0.1, -0.05) is 23.7 Å². The molecule has 2 aromatic carbocycles. The fourth-order valence-corrected chi connectivity index (χ4v) is 3.13. The zero-order chi connectivity index (χ0) is 16.3. The number of rotatable bonds is 4. The minimum absolute atomic E-state index is 0.00344. The first kappa shape index (κ1) is 16.3. The summed E-state index contributed by atoms with van der Waals surface area (Å²) in [6.45, 7) is 1.86. The number of hydrogen-bond acceptors (Lipinski definition) is 4. The van der Waals surface area contributed by atoms with Gasteiger partial charge in [0.05, 0.1) is 22.6 Å². The fraction of sp³-hybridized carbons (Fsp3) is 0.133. The Balaban J connectivity index is 2.39. The number of esters is 1. The van der Waals surface area contributed by atoms with Crippen LogP contribution in [0.2, 0.25) is 5.02 Å². The molecule has 0 saturated carbocycles. The number of hydrogen-bond donors (Lipinski definition) is 1. The van der Waals surface area contributed by atoms with Crippen LogP contribution in [0.25, 0.3) is 0 Å². The van der Waals surface area contributed by atoms with Crippen LogP contribution >= 0.6 is 11.6 Å². The van der Waals surface area contributed by atoms with Crippen molar-refractivity contribution in [1.82, 2.24) is 0 Å². The molecule has 0 spiro atoms. The van der Waals surface area contributed by atoms with Crippen molar-refractivity contribution in [3.63, 3.8) is 0 Å². The Hall–Kier alpha value is -2.05. The maximum atomic E-state index is 12.4. The Kier molecular flexibility index (Phi) is 4.73. The summed E-state index contributed by atoms with van der Waals surface area (Å²) in [6.07, 6.45) is 0. The van der Waals surface area contributed by atoms with Gasteiger partial charge in [-0.15, -0.1) is 0 Å². The molecule has 0 unspecified atom stereocenters. The third-order valence-electron chi connectivity index (χ3n) is 2.92. The minimum Gasteiger partial charge on any atom is -0.465 e. The average Bonchev–Trinajstić information content (AvgIpc) is 2.46. The third kappa shape index (κ3) is 3.58. The largest absolute Gasteiger partial charge is 0.465 e. The highest BCUT2D eigenvalue weighted by molar-refractivity contribution is 7.92. The van der Waals surface area contributed by atoms with Crippen molar-refractivity contribution in [3.05, 3.63) is 58.6 Å². The first-order valence-electron chi connectivity index (χ1n) is 6.31. The average molecular weight is 340 g/mol. The molecule has 0 aliphatic carbocycles. The van der Waals surface area contributed by atoms with Gasteiger partial charge in [0, 0.05) is 5.69 Å². The number of anilines is 1. The SMILES string of the molecule is COC(=O)c1cc(S(=O)(=O)Nc2cccc(C)c2)ccc1Cl. The minimum atomic E-state index is -3.83. The number of ether oxygens (including phenoxy) is 1. The number of carbonyl (C=O) groups is 1. The van der Waals surface area contributed by atoms with Crippen LogP contribution in [-0.4, -0.2) is 21.5 Å². The van der Waals surface area contributed by atoms with Crippen LogP contribution in [0.5, 0.6) is 0 Å². The maximum Gasteiger partial charge on any atom is 0.339 e. The van der Waals surface area contributed by atoms with Crippen LogP contribution in [0, 0.1) is 6.92 Å². The zero-order valence-electron chi connectivity index (χ0n) is 12.0. The first-order valence-corrected chi connectivity index (χ1v) is 8.17. The second-order valence-electron chi connectivity index (χ2n) is 4.61. The molecule has 0 saturated heterocycles. The van der Waals surface area contributed by atoms with Crippen LogP contribution in [0.3, 0.4) is 0 Å². The Morgan fingerprint density at radius 1 is 1.18 bits per heavy atom. The number of nitrogens with one attached hydrogen (secondary N) is 1. The highest BCUT2D eigenvalue weighted by Gasteiger charge is 2.19. The van der Waals surface area contributed by atoms with Crippen molar-refractivity contribution in [2.45, 2.75) is 11.8 Å². The predicted octanol–water partition coefficient (Wildman–Crippen LogP) is 3.24. The monoisotopic (exact) mass is 339 g/mol. The molecule has 0 aliphatic heterocycles. The van der Waals surface area contributed by atoms with Crippen molar-refractivity contribution in [2.24, 2.45) is 0 Å². The number of carbonyl (C=O) groups excluding carboxylic acids is 1. The van der Waals surface area contributed by atoms with E-state index in [4.69, 9.17) is 11.6 Å². The van der Waals surface area contributed by atoms with Crippen molar-refractivity contribution >= 4 is 33.3 Å². The standard InChI is InChI=1S/C15H14ClNO4S/c1-10-4-3-5-11(8-10)17-22(19,20)12-6-7-14(16)13(9-12)15(18)21-2/h3-9,17H,1-2H3. The van der Waals surface area contributed by atoms with Gasteiger partial charge in [0.25, 0.3) is 10.0 Å². The maximum absolute atomic E-state index is 12.4. The quantitative estimate of drug-likeness (QED) is 0.868. The summed E-state index contributed by atoms with van der Waals surface area (Å²) in [5.74, 6) is -0.697. The van der Waals surface area contributed by atoms with E-state index in [9.17, 15) is 13.2 Å². The molecule has 0 radical (unpaired) electrons. The van der Waals surface area contributed by atoms with Crippen molar-refractivity contribution < 1.29 is 17.9 Å². The summed E-state index contributed by atoms with van der Waals surface area (Å²) in [7, 11) is -2.63. The van der Waals surface area contributed by atoms with Gasteiger partial charge in [-0.05, 0) is 42.8 Å². The lowest BCUT2D eigenvalue weighted by Gasteiger charge is -2.10. The lowest BCUT2D eigenvalue weighted by molar-refractivity contribution is 0.0600. The van der Waals surface area contributed by atoms with Gasteiger partial charge in [-0.25, -0.2) is 13.2 Å². The van der Waals surface area contributed by atoms with Crippen LogP contribution in [-0.2, 0) is 14.8 Å². The van der Waals surface area contributed by atoms with E-state index in [0.29, 0.717) is 5.69 Å². The molecule has 2 aromatic rings. The smallest absolute Gasteiger partial charge is 0.339 e. The Bertz CT molecular complexity index is 818. The van der Waals surface area contributed by atoms with Gasteiger partial charge >= 0.3 is 5.97 Å². The molecule has 5 nitrogen and oxygen atoms in total. The van der Waals surface area contributed by atoms with Gasteiger partial charge in [-0.3, -0.25) is 4.72 Å². The summed E-state index contributed by atoms with van der Waals surface area (Å²) < 4.78 is 31.8. The molecule has 2 rings (SSSR count). The molecule has 0 aliphatic rings. The number of benzene rings is 2. The van der Waals surface area contributed by atoms with Crippen LogP contribution < -0.4 is 4.72 Å². The first-order chi connectivity index (χ1) is 10.3. The molecule has 1 N–H and O–H groups in total. The lowest BCUT2D eigenvalue weighted by Crippen LogP contribution is -2.14. The fourth-order valence-electron chi connectivity index (χ4n) is 1.86. The van der Waals surface area contributed by atoms with E-state index in [0.717, 1.165) is 5.56 Å². The molecule has 0 aromatic heterocycles. The molecule has 0 fully saturated rings. The normalized spacial score (nSPS) is 11.0. The number of sulfonamides is 1. The topological polar surface area (TPSA) is 72.5 Å². The molecule has 0 heterocycles. The molecule has 0 bridgehead atoms. The molecule has 116 valence electrons. The Morgan fingerprint density at radius 3 is 2.55 bits per heavy atom. The summed E-state index contributed by atoms with van der Waals surface area (Å²) in [5, 5.41) is 0.126. The molecule has 0 atom stereocenters. The van der Waals surface area contributed by atoms with Crippen LogP contribution in [0.4, 0.5) is 5.69 Å². The van der Waals surface area contributed by atoms with Crippen LogP contribution in [0.15, 0.2) is 47.4 Å². The van der Waals surface area contributed by atoms with Crippen LogP contribution in [0.1, 0.15) is 15.9 Å². The van der Waals surface area contributed by atoms with Gasteiger partial charge in [0.1, 0.15) is 0 Å². The van der Waals surface area contributed by atoms with Crippen molar-refractivity contribution in [1.29, 1.82) is 0 Å². The second kappa shape index (κ2) is 6.37. The van der Waals surface area contributed by atoms with E-state index in [1.54, 1.807) is 18.2 Å². The van der Waals surface area contributed by atoms with E-state index < -0.39 is 16.0 Å².